The van der Waals surface area contributed by atoms with Crippen molar-refractivity contribution in [2.75, 3.05) is 17.7 Å². The lowest BCUT2D eigenvalue weighted by Crippen LogP contribution is -2.19. The van der Waals surface area contributed by atoms with Crippen LogP contribution >= 0.6 is 23.8 Å². The van der Waals surface area contributed by atoms with Gasteiger partial charge in [0.15, 0.2) is 5.11 Å². The topological polar surface area (TPSA) is 76.4 Å². The van der Waals surface area contributed by atoms with Gasteiger partial charge in [0, 0.05) is 16.8 Å². The molecule has 0 saturated heterocycles. The number of nitro groups is 1. The average Bonchev–Trinajstić information content (AvgIpc) is 2.47. The van der Waals surface area contributed by atoms with Crippen LogP contribution in [0.2, 0.25) is 5.02 Å². The van der Waals surface area contributed by atoms with Gasteiger partial charge >= 0.3 is 0 Å². The summed E-state index contributed by atoms with van der Waals surface area (Å²) in [6.45, 7) is 0. The van der Waals surface area contributed by atoms with Gasteiger partial charge in [0.1, 0.15) is 11.4 Å². The lowest BCUT2D eigenvalue weighted by atomic mass is 10.2. The van der Waals surface area contributed by atoms with Crippen LogP contribution in [0.25, 0.3) is 0 Å². The Morgan fingerprint density at radius 2 is 1.91 bits per heavy atom. The van der Waals surface area contributed by atoms with E-state index in [1.807, 2.05) is 0 Å². The van der Waals surface area contributed by atoms with Gasteiger partial charge in [-0.3, -0.25) is 10.1 Å². The third-order valence-electron chi connectivity index (χ3n) is 2.75. The number of anilines is 2. The lowest BCUT2D eigenvalue weighted by molar-refractivity contribution is -0.383. The van der Waals surface area contributed by atoms with Crippen molar-refractivity contribution in [2.24, 2.45) is 0 Å². The summed E-state index contributed by atoms with van der Waals surface area (Å²) in [5, 5.41) is 17.3. The van der Waals surface area contributed by atoms with Gasteiger partial charge in [-0.25, -0.2) is 0 Å². The molecule has 2 N–H and O–H groups in total. The first kappa shape index (κ1) is 16.0. The van der Waals surface area contributed by atoms with E-state index >= 15 is 0 Å². The van der Waals surface area contributed by atoms with E-state index in [1.165, 1.54) is 18.2 Å². The van der Waals surface area contributed by atoms with E-state index in [2.05, 4.69) is 10.6 Å². The highest BCUT2D eigenvalue weighted by atomic mass is 35.5. The van der Waals surface area contributed by atoms with Gasteiger partial charge in [0.2, 0.25) is 0 Å². The highest BCUT2D eigenvalue weighted by Gasteiger charge is 2.15. The molecule has 0 heterocycles. The minimum absolute atomic E-state index is 0.108. The Bertz CT molecular complexity index is 707. The van der Waals surface area contributed by atoms with Crippen LogP contribution in [0.5, 0.6) is 5.75 Å². The van der Waals surface area contributed by atoms with Crippen LogP contribution in [0, 0.1) is 10.1 Å². The fourth-order valence-corrected chi connectivity index (χ4v) is 2.13. The lowest BCUT2D eigenvalue weighted by Gasteiger charge is -2.11. The van der Waals surface area contributed by atoms with Gasteiger partial charge in [-0.05, 0) is 48.6 Å². The maximum absolute atomic E-state index is 11.0. The number of hydrogen-bond donors (Lipinski definition) is 2. The molecule has 0 fully saturated rings. The Morgan fingerprint density at radius 1 is 1.23 bits per heavy atom. The second-order valence-corrected chi connectivity index (χ2v) is 5.07. The Balaban J connectivity index is 2.11. The molecule has 0 radical (unpaired) electrons. The van der Waals surface area contributed by atoms with Crippen molar-refractivity contribution in [3.8, 4) is 5.75 Å². The molecule has 0 aliphatic rings. The van der Waals surface area contributed by atoms with Crippen LogP contribution in [-0.2, 0) is 0 Å². The number of nitro benzene ring substituents is 1. The summed E-state index contributed by atoms with van der Waals surface area (Å²) >= 11 is 11.0. The summed E-state index contributed by atoms with van der Waals surface area (Å²) in [6.07, 6.45) is 0. The molecule has 0 aromatic heterocycles. The van der Waals surface area contributed by atoms with Gasteiger partial charge in [0.05, 0.1) is 12.0 Å². The van der Waals surface area contributed by atoms with E-state index in [-0.39, 0.29) is 16.5 Å². The molecule has 2 rings (SSSR count). The zero-order chi connectivity index (χ0) is 16.1. The van der Waals surface area contributed by atoms with E-state index < -0.39 is 4.92 Å². The first-order valence-corrected chi connectivity index (χ1v) is 6.94. The maximum atomic E-state index is 11.0. The summed E-state index contributed by atoms with van der Waals surface area (Å²) in [7, 11) is 1.58. The maximum Gasteiger partial charge on any atom is 0.292 e. The van der Waals surface area contributed by atoms with Crippen LogP contribution in [0.4, 0.5) is 17.1 Å². The van der Waals surface area contributed by atoms with E-state index in [0.717, 1.165) is 11.4 Å². The van der Waals surface area contributed by atoms with Gasteiger partial charge in [-0.1, -0.05) is 11.6 Å². The molecule has 0 spiro atoms. The number of halogens is 1. The van der Waals surface area contributed by atoms with E-state index in [0.29, 0.717) is 5.02 Å². The molecule has 0 saturated carbocycles. The molecule has 22 heavy (non-hydrogen) atoms. The van der Waals surface area contributed by atoms with Crippen LogP contribution in [-0.4, -0.2) is 17.1 Å². The zero-order valence-electron chi connectivity index (χ0n) is 11.5. The molecule has 0 amide bonds. The normalized spacial score (nSPS) is 9.91. The molecule has 8 heteroatoms. The van der Waals surface area contributed by atoms with E-state index in [4.69, 9.17) is 28.6 Å². The number of nitrogens with zero attached hydrogens (tertiary/aromatic N) is 1. The fraction of sp³-hybridized carbons (Fsp3) is 0.0714. The van der Waals surface area contributed by atoms with Crippen LogP contribution in [0.1, 0.15) is 0 Å². The molecule has 0 unspecified atom stereocenters. The van der Waals surface area contributed by atoms with Crippen molar-refractivity contribution in [1.82, 2.24) is 0 Å². The Kier molecular flexibility index (Phi) is 5.13. The number of methoxy groups -OCH3 is 1. The Morgan fingerprint density at radius 3 is 2.50 bits per heavy atom. The zero-order valence-corrected chi connectivity index (χ0v) is 13.1. The number of thiocarbonyl (C=S) groups is 1. The molecule has 0 aliphatic carbocycles. The van der Waals surface area contributed by atoms with Gasteiger partial charge in [-0.15, -0.1) is 0 Å². The summed E-state index contributed by atoms with van der Waals surface area (Å²) in [5.41, 5.74) is 0.842. The van der Waals surface area contributed by atoms with Gasteiger partial charge < -0.3 is 15.4 Å². The second-order valence-electron chi connectivity index (χ2n) is 4.23. The molecule has 6 nitrogen and oxygen atoms in total. The first-order chi connectivity index (χ1) is 10.5. The largest absolute Gasteiger partial charge is 0.497 e. The van der Waals surface area contributed by atoms with E-state index in [1.54, 1.807) is 31.4 Å². The number of rotatable bonds is 4. The predicted molar refractivity (Wildman–Crippen MR) is 90.9 cm³/mol. The highest BCUT2D eigenvalue weighted by Crippen LogP contribution is 2.27. The molecular weight excluding hydrogens is 326 g/mol. The third-order valence-corrected chi connectivity index (χ3v) is 3.19. The third kappa shape index (κ3) is 4.06. The quantitative estimate of drug-likeness (QED) is 0.497. The number of hydrogen-bond acceptors (Lipinski definition) is 4. The summed E-state index contributed by atoms with van der Waals surface area (Å²) in [4.78, 5) is 10.5. The molecule has 2 aromatic carbocycles. The highest BCUT2D eigenvalue weighted by molar-refractivity contribution is 7.80. The number of ether oxygens (including phenoxy) is 1. The van der Waals surface area contributed by atoms with Crippen LogP contribution < -0.4 is 15.4 Å². The predicted octanol–water partition coefficient (Wildman–Crippen LogP) is 4.07. The monoisotopic (exact) mass is 337 g/mol. The molecule has 0 aliphatic heterocycles. The summed E-state index contributed by atoms with van der Waals surface area (Å²) in [5.74, 6) is 0.718. The van der Waals surface area contributed by atoms with Gasteiger partial charge in [-0.2, -0.15) is 0 Å². The van der Waals surface area contributed by atoms with Crippen molar-refractivity contribution < 1.29 is 9.66 Å². The molecular formula is C14H12ClN3O3S. The summed E-state index contributed by atoms with van der Waals surface area (Å²) in [6, 6.07) is 11.3. The Labute approximate surface area is 137 Å². The SMILES string of the molecule is COc1ccc(NC(=S)Nc2cc(Cl)ccc2[N+](=O)[O-])cc1. The van der Waals surface area contributed by atoms with Crippen molar-refractivity contribution in [3.05, 3.63) is 57.6 Å². The molecule has 2 aromatic rings. The Hall–Kier alpha value is -2.38. The standard InChI is InChI=1S/C14H12ClN3O3S/c1-21-11-5-3-10(4-6-11)16-14(22)17-12-8-9(15)2-7-13(12)18(19)20/h2-8H,1H3,(H2,16,17,22). The van der Waals surface area contributed by atoms with Crippen molar-refractivity contribution in [2.45, 2.75) is 0 Å². The fourth-order valence-electron chi connectivity index (χ4n) is 1.73. The van der Waals surface area contributed by atoms with E-state index in [9.17, 15) is 10.1 Å². The van der Waals surface area contributed by atoms with Crippen LogP contribution in [0.3, 0.4) is 0 Å². The second kappa shape index (κ2) is 7.06. The van der Waals surface area contributed by atoms with Crippen LogP contribution in [0.15, 0.2) is 42.5 Å². The van der Waals surface area contributed by atoms with Crippen molar-refractivity contribution in [3.63, 3.8) is 0 Å². The first-order valence-electron chi connectivity index (χ1n) is 6.15. The number of benzene rings is 2. The smallest absolute Gasteiger partial charge is 0.292 e. The van der Waals surface area contributed by atoms with Gasteiger partial charge in [0.25, 0.3) is 5.69 Å². The molecule has 0 atom stereocenters. The van der Waals surface area contributed by atoms with Crippen molar-refractivity contribution >= 4 is 46.0 Å². The molecule has 114 valence electrons. The minimum atomic E-state index is -0.505. The van der Waals surface area contributed by atoms with Crippen molar-refractivity contribution in [1.29, 1.82) is 0 Å². The average molecular weight is 338 g/mol. The summed E-state index contributed by atoms with van der Waals surface area (Å²) < 4.78 is 5.06. The minimum Gasteiger partial charge on any atom is -0.497 e. The molecule has 0 bridgehead atoms. The number of nitrogens with one attached hydrogen (secondary N) is 2.